The van der Waals surface area contributed by atoms with Crippen LogP contribution in [-0.4, -0.2) is 47.4 Å². The number of aliphatic hydroxyl groups is 1. The van der Waals surface area contributed by atoms with Gasteiger partial charge in [-0.25, -0.2) is 4.79 Å². The van der Waals surface area contributed by atoms with Gasteiger partial charge in [0.05, 0.1) is 6.61 Å². The van der Waals surface area contributed by atoms with E-state index in [1.165, 1.54) is 5.57 Å². The Morgan fingerprint density at radius 2 is 2.28 bits per heavy atom. The molecule has 3 N–H and O–H groups in total. The first-order chi connectivity index (χ1) is 8.31. The minimum absolute atomic E-state index is 0.00683. The maximum Gasteiger partial charge on any atom is 0.410 e. The van der Waals surface area contributed by atoms with Crippen molar-refractivity contribution in [2.24, 2.45) is 5.73 Å². The second-order valence-corrected chi connectivity index (χ2v) is 5.69. The maximum absolute atomic E-state index is 11.8. The summed E-state index contributed by atoms with van der Waals surface area (Å²) >= 11 is 0. The van der Waals surface area contributed by atoms with Crippen LogP contribution in [0.15, 0.2) is 11.6 Å². The highest BCUT2D eigenvalue weighted by molar-refractivity contribution is 5.68. The third-order valence-electron chi connectivity index (χ3n) is 2.71. The molecular formula is C13H24N2O3. The monoisotopic (exact) mass is 256 g/mol. The molecule has 0 aromatic heterocycles. The van der Waals surface area contributed by atoms with Gasteiger partial charge in [0.1, 0.15) is 5.60 Å². The van der Waals surface area contributed by atoms with Gasteiger partial charge in [0.25, 0.3) is 0 Å². The molecule has 0 aromatic rings. The van der Waals surface area contributed by atoms with Gasteiger partial charge in [0.15, 0.2) is 0 Å². The van der Waals surface area contributed by atoms with E-state index in [4.69, 9.17) is 15.6 Å². The lowest BCUT2D eigenvalue weighted by Gasteiger charge is -2.30. The highest BCUT2D eigenvalue weighted by Gasteiger charge is 2.23. The molecule has 0 saturated carbocycles. The second-order valence-electron chi connectivity index (χ2n) is 5.69. The third kappa shape index (κ3) is 5.06. The predicted octanol–water partition coefficient (Wildman–Crippen LogP) is 1.26. The van der Waals surface area contributed by atoms with E-state index in [1.807, 2.05) is 26.8 Å². The van der Waals surface area contributed by atoms with Crippen LogP contribution in [0.3, 0.4) is 0 Å². The molecule has 0 aromatic carbocycles. The van der Waals surface area contributed by atoms with Gasteiger partial charge in [-0.15, -0.1) is 0 Å². The van der Waals surface area contributed by atoms with Crippen LogP contribution in [-0.2, 0) is 4.74 Å². The molecule has 18 heavy (non-hydrogen) atoms. The van der Waals surface area contributed by atoms with Crippen LogP contribution in [0.1, 0.15) is 33.6 Å². The molecule has 1 aliphatic heterocycles. The first-order valence-electron chi connectivity index (χ1n) is 6.34. The van der Waals surface area contributed by atoms with Crippen molar-refractivity contribution in [3.8, 4) is 0 Å². The summed E-state index contributed by atoms with van der Waals surface area (Å²) in [6.07, 6.45) is 3.22. The Labute approximate surface area is 109 Å². The molecule has 0 radical (unpaired) electrons. The van der Waals surface area contributed by atoms with Crippen molar-refractivity contribution >= 4 is 6.09 Å². The quantitative estimate of drug-likeness (QED) is 0.745. The Kier molecular flexibility index (Phi) is 5.16. The van der Waals surface area contributed by atoms with E-state index < -0.39 is 5.60 Å². The number of ether oxygens (including phenoxy) is 1. The number of hydrogen-bond donors (Lipinski definition) is 2. The summed E-state index contributed by atoms with van der Waals surface area (Å²) in [5.74, 6) is 0. The fraction of sp³-hybridized carbons (Fsp3) is 0.769. The van der Waals surface area contributed by atoms with Crippen molar-refractivity contribution in [1.29, 1.82) is 0 Å². The molecule has 0 spiro atoms. The summed E-state index contributed by atoms with van der Waals surface area (Å²) in [6, 6.07) is -0.204. The van der Waals surface area contributed by atoms with Gasteiger partial charge < -0.3 is 20.5 Å². The minimum atomic E-state index is -0.458. The molecule has 5 heteroatoms. The number of amides is 1. The highest BCUT2D eigenvalue weighted by atomic mass is 16.6. The molecule has 104 valence electrons. The normalized spacial score (nSPS) is 18.3. The summed E-state index contributed by atoms with van der Waals surface area (Å²) in [4.78, 5) is 13.5. The number of carbonyl (C=O) groups excluding carboxylic acids is 1. The summed E-state index contributed by atoms with van der Waals surface area (Å²) in [5.41, 5.74) is 6.43. The third-order valence-corrected chi connectivity index (χ3v) is 2.71. The highest BCUT2D eigenvalue weighted by Crippen LogP contribution is 2.18. The van der Waals surface area contributed by atoms with E-state index in [-0.39, 0.29) is 18.7 Å². The molecular weight excluding hydrogens is 232 g/mol. The summed E-state index contributed by atoms with van der Waals surface area (Å²) in [7, 11) is 0. The zero-order valence-corrected chi connectivity index (χ0v) is 11.5. The Morgan fingerprint density at radius 1 is 1.61 bits per heavy atom. The molecule has 1 atom stereocenters. The molecule has 1 unspecified atom stereocenters. The van der Waals surface area contributed by atoms with E-state index in [2.05, 4.69) is 0 Å². The van der Waals surface area contributed by atoms with Gasteiger partial charge in [0, 0.05) is 19.1 Å². The van der Waals surface area contributed by atoms with E-state index in [9.17, 15) is 4.79 Å². The lowest BCUT2D eigenvalue weighted by molar-refractivity contribution is 0.0265. The lowest BCUT2D eigenvalue weighted by atomic mass is 10.0. The average Bonchev–Trinajstić information content (AvgIpc) is 2.27. The minimum Gasteiger partial charge on any atom is -0.444 e. The number of nitrogens with zero attached hydrogens (tertiary/aromatic N) is 1. The van der Waals surface area contributed by atoms with Crippen LogP contribution >= 0.6 is 0 Å². The van der Waals surface area contributed by atoms with Gasteiger partial charge in [-0.05, 0) is 33.6 Å². The van der Waals surface area contributed by atoms with Crippen LogP contribution in [0, 0.1) is 0 Å². The first kappa shape index (κ1) is 15.0. The van der Waals surface area contributed by atoms with Crippen LogP contribution in [0.5, 0.6) is 0 Å². The van der Waals surface area contributed by atoms with Crippen LogP contribution < -0.4 is 5.73 Å². The number of hydrogen-bond acceptors (Lipinski definition) is 4. The van der Waals surface area contributed by atoms with Crippen molar-refractivity contribution in [1.82, 2.24) is 4.90 Å². The maximum atomic E-state index is 11.8. The second kappa shape index (κ2) is 6.20. The van der Waals surface area contributed by atoms with E-state index >= 15 is 0 Å². The molecule has 1 heterocycles. The van der Waals surface area contributed by atoms with E-state index in [0.29, 0.717) is 19.5 Å². The number of aliphatic hydroxyl groups excluding tert-OH is 1. The van der Waals surface area contributed by atoms with Gasteiger partial charge in [-0.1, -0.05) is 11.6 Å². The molecule has 0 bridgehead atoms. The fourth-order valence-electron chi connectivity index (χ4n) is 1.79. The van der Waals surface area contributed by atoms with Gasteiger partial charge in [-0.2, -0.15) is 0 Å². The van der Waals surface area contributed by atoms with Crippen LogP contribution in [0.25, 0.3) is 0 Å². The Bertz CT molecular complexity index is 321. The van der Waals surface area contributed by atoms with Gasteiger partial charge in [-0.3, -0.25) is 0 Å². The van der Waals surface area contributed by atoms with Crippen molar-refractivity contribution in [2.75, 3.05) is 19.7 Å². The Hall–Kier alpha value is -1.07. The lowest BCUT2D eigenvalue weighted by Crippen LogP contribution is -2.39. The van der Waals surface area contributed by atoms with Crippen molar-refractivity contribution in [3.63, 3.8) is 0 Å². The van der Waals surface area contributed by atoms with Crippen molar-refractivity contribution < 1.29 is 14.6 Å². The van der Waals surface area contributed by atoms with E-state index in [1.54, 1.807) is 4.90 Å². The van der Waals surface area contributed by atoms with Gasteiger partial charge >= 0.3 is 6.09 Å². The molecule has 0 aliphatic carbocycles. The molecule has 1 rings (SSSR count). The smallest absolute Gasteiger partial charge is 0.410 e. The topological polar surface area (TPSA) is 75.8 Å². The van der Waals surface area contributed by atoms with Crippen LogP contribution in [0.2, 0.25) is 0 Å². The zero-order valence-electron chi connectivity index (χ0n) is 11.5. The molecule has 0 saturated heterocycles. The zero-order chi connectivity index (χ0) is 13.8. The number of rotatable bonds is 3. The summed E-state index contributed by atoms with van der Waals surface area (Å²) in [5, 5.41) is 8.90. The number of carbonyl (C=O) groups is 1. The Balaban J connectivity index is 2.45. The number of nitrogens with two attached hydrogens (primary N) is 1. The molecule has 1 amide bonds. The molecule has 0 fully saturated rings. The molecule has 1 aliphatic rings. The van der Waals surface area contributed by atoms with E-state index in [0.717, 1.165) is 6.42 Å². The fourth-order valence-corrected chi connectivity index (χ4v) is 1.79. The van der Waals surface area contributed by atoms with Gasteiger partial charge in [0.2, 0.25) is 0 Å². The summed E-state index contributed by atoms with van der Waals surface area (Å²) in [6.45, 7) is 6.78. The average molecular weight is 256 g/mol. The largest absolute Gasteiger partial charge is 0.444 e. The Morgan fingerprint density at radius 3 is 2.72 bits per heavy atom. The van der Waals surface area contributed by atoms with Crippen molar-refractivity contribution in [2.45, 2.75) is 45.3 Å². The SMILES string of the molecule is CC(C)(C)OC(=O)N1CC=C(CC(N)CO)CC1. The standard InChI is InChI=1S/C13H24N2O3/c1-13(2,3)18-12(17)15-6-4-10(5-7-15)8-11(14)9-16/h4,11,16H,5-9,14H2,1-3H3. The molecule has 5 nitrogen and oxygen atoms in total. The van der Waals surface area contributed by atoms with Crippen molar-refractivity contribution in [3.05, 3.63) is 11.6 Å². The predicted molar refractivity (Wildman–Crippen MR) is 70.2 cm³/mol. The summed E-state index contributed by atoms with van der Waals surface area (Å²) < 4.78 is 5.31. The first-order valence-corrected chi connectivity index (χ1v) is 6.34. The van der Waals surface area contributed by atoms with Crippen LogP contribution in [0.4, 0.5) is 4.79 Å².